The number of hydrogen-bond acceptors (Lipinski definition) is 6. The van der Waals surface area contributed by atoms with Crippen LogP contribution in [0.2, 0.25) is 51.4 Å². The number of hydrogen-bond donors (Lipinski definition) is 2. The molecule has 0 spiro atoms. The monoisotopic (exact) mass is 688 g/mol. The Labute approximate surface area is 291 Å². The van der Waals surface area contributed by atoms with Crippen LogP contribution in [0.1, 0.15) is 43.4 Å². The Morgan fingerprint density at radius 1 is 0.917 bits per heavy atom. The fraction of sp³-hybridized carbons (Fsp3) is 0.564. The van der Waals surface area contributed by atoms with E-state index in [0.29, 0.717) is 25.8 Å². The first-order valence-electron chi connectivity index (χ1n) is 18.2. The molecular formula is C39H60N4O3Si2. The molecule has 2 heterocycles. The molecule has 48 heavy (non-hydrogen) atoms. The van der Waals surface area contributed by atoms with Crippen molar-refractivity contribution < 1.29 is 14.6 Å². The lowest BCUT2D eigenvalue weighted by Crippen LogP contribution is -2.48. The number of nitrogens with one attached hydrogen (secondary N) is 1. The first kappa shape index (κ1) is 36.7. The molecule has 2 unspecified atom stereocenters. The maximum Gasteiger partial charge on any atom is 0.210 e. The van der Waals surface area contributed by atoms with Crippen LogP contribution in [0.25, 0.3) is 21.8 Å². The van der Waals surface area contributed by atoms with Gasteiger partial charge in [0.1, 0.15) is 13.5 Å². The van der Waals surface area contributed by atoms with Gasteiger partial charge in [-0.3, -0.25) is 4.57 Å². The van der Waals surface area contributed by atoms with Crippen LogP contribution >= 0.6 is 0 Å². The highest BCUT2D eigenvalue weighted by Crippen LogP contribution is 2.34. The van der Waals surface area contributed by atoms with Crippen LogP contribution in [0, 0.1) is 5.92 Å². The summed E-state index contributed by atoms with van der Waals surface area (Å²) in [6, 6.07) is 24.2. The molecule has 262 valence electrons. The van der Waals surface area contributed by atoms with Crippen molar-refractivity contribution in [2.24, 2.45) is 5.92 Å². The van der Waals surface area contributed by atoms with Gasteiger partial charge in [-0.25, -0.2) is 4.98 Å². The molecule has 1 saturated heterocycles. The van der Waals surface area contributed by atoms with Crippen molar-refractivity contribution in [3.8, 4) is 0 Å². The standard InChI is InChI=1S/C39H60N4O3Si2/c1-8-38(44)33-16-17-36-35(26-33)41-39(42(36)28-45-22-24-47(2,3)4)43(29-46-23-25-48(5,6)7)37(31-18-20-40-21-19-31)27-32-14-11-13-30-12-9-10-15-34(30)32/h9-17,26,31,37-38,40,44H,8,18-25,27-29H2,1-7H3. The molecule has 7 nitrogen and oxygen atoms in total. The lowest BCUT2D eigenvalue weighted by molar-refractivity contribution is 0.0872. The van der Waals surface area contributed by atoms with E-state index >= 15 is 0 Å². The normalized spacial score (nSPS) is 16.1. The second-order valence-electron chi connectivity index (χ2n) is 16.2. The van der Waals surface area contributed by atoms with E-state index < -0.39 is 22.3 Å². The largest absolute Gasteiger partial charge is 0.388 e. The Morgan fingerprint density at radius 3 is 2.31 bits per heavy atom. The van der Waals surface area contributed by atoms with E-state index in [9.17, 15) is 5.11 Å². The van der Waals surface area contributed by atoms with Crippen LogP contribution in [-0.2, 0) is 22.6 Å². The fourth-order valence-corrected chi connectivity index (χ4v) is 8.27. The Bertz CT molecular complexity index is 1600. The van der Waals surface area contributed by atoms with Crippen molar-refractivity contribution in [3.05, 3.63) is 71.8 Å². The molecule has 2 atom stereocenters. The Kier molecular flexibility index (Phi) is 12.6. The van der Waals surface area contributed by atoms with Gasteiger partial charge in [-0.1, -0.05) is 94.7 Å². The number of anilines is 1. The zero-order chi connectivity index (χ0) is 34.3. The van der Waals surface area contributed by atoms with Crippen molar-refractivity contribution in [1.82, 2.24) is 14.9 Å². The second kappa shape index (κ2) is 16.4. The molecule has 0 aliphatic carbocycles. The zero-order valence-electron chi connectivity index (χ0n) is 30.6. The summed E-state index contributed by atoms with van der Waals surface area (Å²) >= 11 is 0. The number of nitrogens with zero attached hydrogens (tertiary/aromatic N) is 3. The van der Waals surface area contributed by atoms with Crippen molar-refractivity contribution in [2.75, 3.05) is 37.9 Å². The lowest BCUT2D eigenvalue weighted by Gasteiger charge is -2.40. The maximum atomic E-state index is 10.8. The summed E-state index contributed by atoms with van der Waals surface area (Å²) in [4.78, 5) is 7.86. The predicted octanol–water partition coefficient (Wildman–Crippen LogP) is 8.67. The van der Waals surface area contributed by atoms with E-state index in [2.05, 4.69) is 115 Å². The van der Waals surface area contributed by atoms with Crippen LogP contribution in [0.4, 0.5) is 5.95 Å². The van der Waals surface area contributed by atoms with Gasteiger partial charge in [0.25, 0.3) is 0 Å². The lowest BCUT2D eigenvalue weighted by atomic mass is 9.84. The number of aromatic nitrogens is 2. The van der Waals surface area contributed by atoms with E-state index in [4.69, 9.17) is 14.5 Å². The molecule has 5 rings (SSSR count). The van der Waals surface area contributed by atoms with Gasteiger partial charge in [0, 0.05) is 35.4 Å². The highest BCUT2D eigenvalue weighted by atomic mass is 28.3. The molecule has 1 aliphatic rings. The fourth-order valence-electron chi connectivity index (χ4n) is 6.76. The summed E-state index contributed by atoms with van der Waals surface area (Å²) in [7, 11) is -2.52. The quantitative estimate of drug-likeness (QED) is 0.0657. The Balaban J connectivity index is 1.60. The number of fused-ring (bicyclic) bond motifs is 2. The van der Waals surface area contributed by atoms with Gasteiger partial charge in [0.15, 0.2) is 0 Å². The van der Waals surface area contributed by atoms with Gasteiger partial charge in [0.05, 0.1) is 17.1 Å². The number of ether oxygens (including phenoxy) is 2. The molecule has 9 heteroatoms. The molecular weight excluding hydrogens is 629 g/mol. The average Bonchev–Trinajstić information content (AvgIpc) is 3.42. The molecule has 3 aromatic carbocycles. The van der Waals surface area contributed by atoms with Gasteiger partial charge < -0.3 is 24.8 Å². The summed E-state index contributed by atoms with van der Waals surface area (Å²) in [5.74, 6) is 1.38. The molecule has 1 fully saturated rings. The van der Waals surface area contributed by atoms with E-state index in [1.54, 1.807) is 0 Å². The van der Waals surface area contributed by atoms with Crippen LogP contribution in [0.5, 0.6) is 0 Å². The maximum absolute atomic E-state index is 10.8. The van der Waals surface area contributed by atoms with Crippen LogP contribution in [0.15, 0.2) is 60.7 Å². The summed E-state index contributed by atoms with van der Waals surface area (Å²) in [6.07, 6.45) is 3.29. The highest BCUT2D eigenvalue weighted by Gasteiger charge is 2.33. The van der Waals surface area contributed by atoms with Gasteiger partial charge in [-0.2, -0.15) is 0 Å². The van der Waals surface area contributed by atoms with Gasteiger partial charge in [-0.05, 0) is 90.8 Å². The van der Waals surface area contributed by atoms with E-state index in [0.717, 1.165) is 80.2 Å². The minimum Gasteiger partial charge on any atom is -0.388 e. The number of aliphatic hydroxyl groups is 1. The van der Waals surface area contributed by atoms with Gasteiger partial charge in [0.2, 0.25) is 5.95 Å². The van der Waals surface area contributed by atoms with Gasteiger partial charge >= 0.3 is 0 Å². The number of rotatable bonds is 17. The van der Waals surface area contributed by atoms with Crippen molar-refractivity contribution in [3.63, 3.8) is 0 Å². The molecule has 2 N–H and O–H groups in total. The molecule has 0 amide bonds. The smallest absolute Gasteiger partial charge is 0.210 e. The number of aliphatic hydroxyl groups excluding tert-OH is 1. The van der Waals surface area contributed by atoms with Crippen molar-refractivity contribution in [1.29, 1.82) is 0 Å². The molecule has 0 radical (unpaired) electrons. The Hall–Kier alpha value is -2.54. The topological polar surface area (TPSA) is 71.8 Å². The second-order valence-corrected chi connectivity index (χ2v) is 27.4. The third-order valence-corrected chi connectivity index (χ3v) is 13.3. The summed E-state index contributed by atoms with van der Waals surface area (Å²) < 4.78 is 15.4. The van der Waals surface area contributed by atoms with E-state index in [1.165, 1.54) is 16.3 Å². The molecule has 0 saturated carbocycles. The van der Waals surface area contributed by atoms with Crippen LogP contribution < -0.4 is 10.2 Å². The van der Waals surface area contributed by atoms with Crippen LogP contribution in [0.3, 0.4) is 0 Å². The number of piperidine rings is 1. The predicted molar refractivity (Wildman–Crippen MR) is 208 cm³/mol. The minimum absolute atomic E-state index is 0.183. The van der Waals surface area contributed by atoms with E-state index in [1.807, 2.05) is 6.92 Å². The first-order valence-corrected chi connectivity index (χ1v) is 25.6. The third-order valence-electron chi connectivity index (χ3n) is 9.86. The van der Waals surface area contributed by atoms with Crippen LogP contribution in [-0.4, -0.2) is 69.9 Å². The summed E-state index contributed by atoms with van der Waals surface area (Å²) in [5, 5.41) is 17.0. The SMILES string of the molecule is CCC(O)c1ccc2c(c1)nc(N(COCC[Si](C)(C)C)C(Cc1cccc3ccccc13)C1CCNCC1)n2COCC[Si](C)(C)C. The number of benzene rings is 3. The third kappa shape index (κ3) is 9.79. The van der Waals surface area contributed by atoms with Crippen molar-refractivity contribution in [2.45, 2.75) is 103 Å². The Morgan fingerprint density at radius 2 is 1.60 bits per heavy atom. The van der Waals surface area contributed by atoms with Crippen molar-refractivity contribution >= 4 is 43.9 Å². The molecule has 0 bridgehead atoms. The highest BCUT2D eigenvalue weighted by molar-refractivity contribution is 6.76. The molecule has 1 aromatic heterocycles. The minimum atomic E-state index is -1.27. The van der Waals surface area contributed by atoms with Gasteiger partial charge in [-0.15, -0.1) is 0 Å². The summed E-state index contributed by atoms with van der Waals surface area (Å²) in [5.41, 5.74) is 4.20. The first-order chi connectivity index (χ1) is 22.9. The molecule has 1 aliphatic heterocycles. The summed E-state index contributed by atoms with van der Waals surface area (Å²) in [6.45, 7) is 20.9. The average molecular weight is 689 g/mol. The number of imidazole rings is 1. The van der Waals surface area contributed by atoms with E-state index in [-0.39, 0.29) is 6.04 Å². The molecule has 4 aromatic rings. The zero-order valence-corrected chi connectivity index (χ0v) is 32.6.